The van der Waals surface area contributed by atoms with Gasteiger partial charge in [-0.2, -0.15) is 9.78 Å². The standard InChI is InChI=1S/C22H21N5O3/c1-12-10-13(2)24-22(23-12)27-20-19(14(3)26-27)17(21(28)30-5)11-18(25-20)15-6-8-16(29-4)9-7-15/h6-11H,1-5H3. The van der Waals surface area contributed by atoms with Gasteiger partial charge in [-0.05, 0) is 57.2 Å². The predicted molar refractivity (Wildman–Crippen MR) is 112 cm³/mol. The Kier molecular flexibility index (Phi) is 4.91. The van der Waals surface area contributed by atoms with Gasteiger partial charge < -0.3 is 9.47 Å². The van der Waals surface area contributed by atoms with Crippen LogP contribution in [0.2, 0.25) is 0 Å². The SMILES string of the molecule is COC(=O)c1cc(-c2ccc(OC)cc2)nc2c1c(C)nn2-c1nc(C)cc(C)n1. The number of carbonyl (C=O) groups is 1. The van der Waals surface area contributed by atoms with E-state index in [0.29, 0.717) is 33.9 Å². The molecule has 8 nitrogen and oxygen atoms in total. The van der Waals surface area contributed by atoms with Gasteiger partial charge in [-0.25, -0.2) is 19.7 Å². The van der Waals surface area contributed by atoms with Crippen molar-refractivity contribution in [3.8, 4) is 23.0 Å². The Bertz CT molecular complexity index is 1240. The van der Waals surface area contributed by atoms with Crippen molar-refractivity contribution in [1.29, 1.82) is 0 Å². The van der Waals surface area contributed by atoms with Crippen LogP contribution in [0.15, 0.2) is 36.4 Å². The Morgan fingerprint density at radius 2 is 1.60 bits per heavy atom. The fraction of sp³-hybridized carbons (Fsp3) is 0.227. The maximum Gasteiger partial charge on any atom is 0.338 e. The van der Waals surface area contributed by atoms with Crippen LogP contribution >= 0.6 is 0 Å². The van der Waals surface area contributed by atoms with E-state index >= 15 is 0 Å². The number of carbonyl (C=O) groups excluding carboxylic acids is 1. The van der Waals surface area contributed by atoms with Gasteiger partial charge in [0, 0.05) is 17.0 Å². The first kappa shape index (κ1) is 19.5. The van der Waals surface area contributed by atoms with Crippen LogP contribution in [0.3, 0.4) is 0 Å². The summed E-state index contributed by atoms with van der Waals surface area (Å²) in [7, 11) is 2.97. The normalized spacial score (nSPS) is 11.0. The number of esters is 1. The first-order valence-corrected chi connectivity index (χ1v) is 9.37. The summed E-state index contributed by atoms with van der Waals surface area (Å²) in [5.74, 6) is 0.680. The highest BCUT2D eigenvalue weighted by Crippen LogP contribution is 2.29. The molecule has 30 heavy (non-hydrogen) atoms. The van der Waals surface area contributed by atoms with Crippen molar-refractivity contribution >= 4 is 17.0 Å². The zero-order valence-electron chi connectivity index (χ0n) is 17.4. The number of aryl methyl sites for hydroxylation is 3. The van der Waals surface area contributed by atoms with Crippen molar-refractivity contribution in [1.82, 2.24) is 24.7 Å². The van der Waals surface area contributed by atoms with Gasteiger partial charge in [-0.1, -0.05) is 0 Å². The number of rotatable bonds is 4. The van der Waals surface area contributed by atoms with Gasteiger partial charge in [0.15, 0.2) is 5.65 Å². The molecule has 0 saturated carbocycles. The molecule has 0 amide bonds. The predicted octanol–water partition coefficient (Wildman–Crippen LogP) is 3.60. The van der Waals surface area contributed by atoms with Crippen LogP contribution in [0.5, 0.6) is 5.75 Å². The maximum atomic E-state index is 12.6. The third-order valence-corrected chi connectivity index (χ3v) is 4.76. The average Bonchev–Trinajstić information content (AvgIpc) is 3.08. The second-order valence-corrected chi connectivity index (χ2v) is 6.92. The Morgan fingerprint density at radius 1 is 0.933 bits per heavy atom. The molecule has 0 atom stereocenters. The zero-order valence-corrected chi connectivity index (χ0v) is 17.4. The molecule has 1 aromatic carbocycles. The van der Waals surface area contributed by atoms with Crippen LogP contribution in [-0.2, 0) is 4.74 Å². The second-order valence-electron chi connectivity index (χ2n) is 6.92. The van der Waals surface area contributed by atoms with E-state index in [9.17, 15) is 4.79 Å². The van der Waals surface area contributed by atoms with Gasteiger partial charge in [-0.3, -0.25) is 0 Å². The molecular formula is C22H21N5O3. The van der Waals surface area contributed by atoms with Gasteiger partial charge in [0.2, 0.25) is 0 Å². The van der Waals surface area contributed by atoms with Crippen molar-refractivity contribution in [3.63, 3.8) is 0 Å². The number of pyridine rings is 1. The molecule has 152 valence electrons. The van der Waals surface area contributed by atoms with Crippen molar-refractivity contribution in [3.05, 3.63) is 59.0 Å². The number of hydrogen-bond acceptors (Lipinski definition) is 7. The highest BCUT2D eigenvalue weighted by molar-refractivity contribution is 6.05. The molecule has 0 spiro atoms. The Morgan fingerprint density at radius 3 is 2.20 bits per heavy atom. The molecule has 0 saturated heterocycles. The largest absolute Gasteiger partial charge is 0.497 e. The van der Waals surface area contributed by atoms with Crippen LogP contribution in [0, 0.1) is 20.8 Å². The van der Waals surface area contributed by atoms with E-state index < -0.39 is 5.97 Å². The minimum atomic E-state index is -0.457. The Balaban J connectivity index is 2.02. The van der Waals surface area contributed by atoms with E-state index in [1.165, 1.54) is 7.11 Å². The first-order chi connectivity index (χ1) is 14.4. The molecule has 0 radical (unpaired) electrons. The molecule has 0 unspecified atom stereocenters. The van der Waals surface area contributed by atoms with E-state index in [0.717, 1.165) is 22.7 Å². The molecule has 8 heteroatoms. The molecule has 3 aromatic heterocycles. The van der Waals surface area contributed by atoms with Crippen LogP contribution in [0.4, 0.5) is 0 Å². The summed E-state index contributed by atoms with van der Waals surface area (Å²) < 4.78 is 11.8. The molecule has 0 aliphatic carbocycles. The number of aromatic nitrogens is 5. The molecule has 3 heterocycles. The lowest BCUT2D eigenvalue weighted by molar-refractivity contribution is 0.0603. The van der Waals surface area contributed by atoms with Crippen LogP contribution in [0.25, 0.3) is 28.2 Å². The monoisotopic (exact) mass is 403 g/mol. The van der Waals surface area contributed by atoms with Gasteiger partial charge in [-0.15, -0.1) is 0 Å². The molecule has 0 aliphatic heterocycles. The van der Waals surface area contributed by atoms with Crippen LogP contribution in [0.1, 0.15) is 27.4 Å². The third-order valence-electron chi connectivity index (χ3n) is 4.76. The number of nitrogens with zero attached hydrogens (tertiary/aromatic N) is 5. The smallest absolute Gasteiger partial charge is 0.338 e. The molecule has 0 fully saturated rings. The number of hydrogen-bond donors (Lipinski definition) is 0. The van der Waals surface area contributed by atoms with Gasteiger partial charge >= 0.3 is 5.97 Å². The van der Waals surface area contributed by atoms with E-state index in [4.69, 9.17) is 14.5 Å². The highest BCUT2D eigenvalue weighted by Gasteiger charge is 2.22. The summed E-state index contributed by atoms with van der Waals surface area (Å²) in [4.78, 5) is 26.4. The van der Waals surface area contributed by atoms with E-state index in [1.54, 1.807) is 17.9 Å². The summed E-state index contributed by atoms with van der Waals surface area (Å²) >= 11 is 0. The summed E-state index contributed by atoms with van der Waals surface area (Å²) in [5, 5.41) is 5.20. The number of methoxy groups -OCH3 is 2. The second kappa shape index (κ2) is 7.55. The van der Waals surface area contributed by atoms with Crippen molar-refractivity contribution < 1.29 is 14.3 Å². The zero-order chi connectivity index (χ0) is 21.4. The highest BCUT2D eigenvalue weighted by atomic mass is 16.5. The molecule has 0 bridgehead atoms. The number of benzene rings is 1. The summed E-state index contributed by atoms with van der Waals surface area (Å²) in [6.45, 7) is 5.61. The molecule has 4 aromatic rings. The van der Waals surface area contributed by atoms with Crippen molar-refractivity contribution in [2.45, 2.75) is 20.8 Å². The van der Waals surface area contributed by atoms with Crippen LogP contribution in [-0.4, -0.2) is 44.9 Å². The van der Waals surface area contributed by atoms with E-state index in [1.807, 2.05) is 51.1 Å². The summed E-state index contributed by atoms with van der Waals surface area (Å²) in [6.07, 6.45) is 0. The molecular weight excluding hydrogens is 382 g/mol. The molecule has 4 rings (SSSR count). The number of fused-ring (bicyclic) bond motifs is 1. The lowest BCUT2D eigenvalue weighted by Gasteiger charge is -2.09. The van der Waals surface area contributed by atoms with Crippen molar-refractivity contribution in [2.24, 2.45) is 0 Å². The topological polar surface area (TPSA) is 92.0 Å². The lowest BCUT2D eigenvalue weighted by Crippen LogP contribution is -2.08. The fourth-order valence-electron chi connectivity index (χ4n) is 3.41. The minimum absolute atomic E-state index is 0.390. The van der Waals surface area contributed by atoms with Gasteiger partial charge in [0.1, 0.15) is 5.75 Å². The quantitative estimate of drug-likeness (QED) is 0.481. The average molecular weight is 403 g/mol. The fourth-order valence-corrected chi connectivity index (χ4v) is 3.41. The van der Waals surface area contributed by atoms with E-state index in [2.05, 4.69) is 15.1 Å². The Hall–Kier alpha value is -3.81. The molecule has 0 N–H and O–H groups in total. The van der Waals surface area contributed by atoms with E-state index in [-0.39, 0.29) is 0 Å². The minimum Gasteiger partial charge on any atom is -0.497 e. The first-order valence-electron chi connectivity index (χ1n) is 9.37. The van der Waals surface area contributed by atoms with Crippen LogP contribution < -0.4 is 4.74 Å². The summed E-state index contributed by atoms with van der Waals surface area (Å²) in [5.41, 5.74) is 4.59. The van der Waals surface area contributed by atoms with Gasteiger partial charge in [0.05, 0.1) is 36.6 Å². The maximum absolute atomic E-state index is 12.6. The lowest BCUT2D eigenvalue weighted by atomic mass is 10.1. The summed E-state index contributed by atoms with van der Waals surface area (Å²) in [6, 6.07) is 11.1. The molecule has 0 aliphatic rings. The van der Waals surface area contributed by atoms with Crippen molar-refractivity contribution in [2.75, 3.05) is 14.2 Å². The Labute approximate surface area is 173 Å². The third kappa shape index (κ3) is 3.36. The van der Waals surface area contributed by atoms with Gasteiger partial charge in [0.25, 0.3) is 5.95 Å². The number of ether oxygens (including phenoxy) is 2.